The third kappa shape index (κ3) is 3.69. The first-order chi connectivity index (χ1) is 10.2. The lowest BCUT2D eigenvalue weighted by molar-refractivity contribution is -0.139. The van der Waals surface area contributed by atoms with Crippen molar-refractivity contribution in [3.05, 3.63) is 51.6 Å². The Morgan fingerprint density at radius 2 is 1.91 bits per heavy atom. The number of nitrogens with zero attached hydrogens (tertiary/aromatic N) is 1. The van der Waals surface area contributed by atoms with Crippen LogP contribution in [0.3, 0.4) is 0 Å². The Morgan fingerprint density at radius 1 is 1.23 bits per heavy atom. The normalized spacial score (nSPS) is 11.5. The molecule has 0 bridgehead atoms. The molecule has 8 heteroatoms. The summed E-state index contributed by atoms with van der Waals surface area (Å²) in [4.78, 5) is 14.5. The fourth-order valence-electron chi connectivity index (χ4n) is 1.90. The molecule has 0 atom stereocenters. The first-order valence-electron chi connectivity index (χ1n) is 5.92. The predicted octanol–water partition coefficient (Wildman–Crippen LogP) is 4.70. The average molecular weight is 350 g/mol. The summed E-state index contributed by atoms with van der Waals surface area (Å²) in [6, 6.07) is 5.52. The molecular formula is C14H8Cl2F3NO2. The van der Waals surface area contributed by atoms with Crippen molar-refractivity contribution in [1.82, 2.24) is 4.98 Å². The topological polar surface area (TPSA) is 50.2 Å². The lowest BCUT2D eigenvalue weighted by Crippen LogP contribution is -2.13. The Labute approximate surface area is 133 Å². The molecule has 2 aromatic rings. The third-order valence-electron chi connectivity index (χ3n) is 2.84. The molecule has 3 nitrogen and oxygen atoms in total. The smallest absolute Gasteiger partial charge is 0.418 e. The van der Waals surface area contributed by atoms with E-state index in [0.29, 0.717) is 16.8 Å². The molecule has 1 aromatic carbocycles. The summed E-state index contributed by atoms with van der Waals surface area (Å²) in [5, 5.41) is 9.36. The maximum Gasteiger partial charge on any atom is 0.418 e. The van der Waals surface area contributed by atoms with Crippen molar-refractivity contribution >= 4 is 29.2 Å². The van der Waals surface area contributed by atoms with Crippen molar-refractivity contribution in [1.29, 1.82) is 0 Å². The molecule has 0 saturated heterocycles. The second-order valence-electron chi connectivity index (χ2n) is 4.42. The number of alkyl halides is 3. The largest absolute Gasteiger partial charge is 0.481 e. The van der Waals surface area contributed by atoms with E-state index < -0.39 is 24.1 Å². The second kappa shape index (κ2) is 6.14. The molecule has 1 heterocycles. The summed E-state index contributed by atoms with van der Waals surface area (Å²) in [5.74, 6) is -1.38. The number of pyridine rings is 1. The van der Waals surface area contributed by atoms with Crippen LogP contribution in [0.15, 0.2) is 30.5 Å². The van der Waals surface area contributed by atoms with Crippen LogP contribution >= 0.6 is 23.2 Å². The van der Waals surface area contributed by atoms with E-state index in [4.69, 9.17) is 28.3 Å². The number of carbonyl (C=O) groups is 1. The molecular weight excluding hydrogens is 342 g/mol. The average Bonchev–Trinajstić information content (AvgIpc) is 2.39. The Balaban J connectivity index is 2.60. The van der Waals surface area contributed by atoms with Crippen molar-refractivity contribution in [2.24, 2.45) is 0 Å². The van der Waals surface area contributed by atoms with Gasteiger partial charge in [-0.25, -0.2) is 0 Å². The van der Waals surface area contributed by atoms with Gasteiger partial charge in [-0.3, -0.25) is 9.78 Å². The summed E-state index contributed by atoms with van der Waals surface area (Å²) in [6.07, 6.45) is -4.86. The van der Waals surface area contributed by atoms with Gasteiger partial charge in [0.25, 0.3) is 0 Å². The Kier molecular flexibility index (Phi) is 4.63. The van der Waals surface area contributed by atoms with Gasteiger partial charge >= 0.3 is 12.1 Å². The van der Waals surface area contributed by atoms with Gasteiger partial charge in [-0.2, -0.15) is 13.2 Å². The summed E-state index contributed by atoms with van der Waals surface area (Å²) in [5.41, 5.74) is -1.02. The molecule has 22 heavy (non-hydrogen) atoms. The molecule has 0 amide bonds. The summed E-state index contributed by atoms with van der Waals surface area (Å²) >= 11 is 11.8. The molecule has 1 aromatic heterocycles. The zero-order valence-electron chi connectivity index (χ0n) is 10.8. The molecule has 0 radical (unpaired) electrons. The number of carboxylic acids is 1. The van der Waals surface area contributed by atoms with Gasteiger partial charge in [0.15, 0.2) is 0 Å². The minimum absolute atomic E-state index is 0.122. The number of aliphatic carboxylic acids is 1. The van der Waals surface area contributed by atoms with Gasteiger partial charge in [0.1, 0.15) is 0 Å². The lowest BCUT2D eigenvalue weighted by Gasteiger charge is -2.13. The van der Waals surface area contributed by atoms with Crippen molar-refractivity contribution in [3.8, 4) is 11.3 Å². The van der Waals surface area contributed by atoms with Gasteiger partial charge in [-0.15, -0.1) is 0 Å². The minimum Gasteiger partial charge on any atom is -0.481 e. The van der Waals surface area contributed by atoms with E-state index in [1.165, 1.54) is 18.2 Å². The number of benzene rings is 1. The number of halogens is 5. The monoisotopic (exact) mass is 349 g/mol. The lowest BCUT2D eigenvalue weighted by atomic mass is 10.0. The number of hydrogen-bond acceptors (Lipinski definition) is 2. The first kappa shape index (κ1) is 16.6. The number of rotatable bonds is 3. The van der Waals surface area contributed by atoms with Gasteiger partial charge in [-0.05, 0) is 29.8 Å². The number of aromatic nitrogens is 1. The van der Waals surface area contributed by atoms with E-state index in [1.54, 1.807) is 0 Å². The maximum atomic E-state index is 12.9. The van der Waals surface area contributed by atoms with Gasteiger partial charge in [0.05, 0.1) is 22.7 Å². The molecule has 2 rings (SSSR count). The summed E-state index contributed by atoms with van der Waals surface area (Å²) in [7, 11) is 0. The van der Waals surface area contributed by atoms with E-state index in [-0.39, 0.29) is 16.3 Å². The molecule has 0 aliphatic heterocycles. The van der Waals surface area contributed by atoms with Crippen LogP contribution in [-0.4, -0.2) is 16.1 Å². The summed E-state index contributed by atoms with van der Waals surface area (Å²) < 4.78 is 38.7. The molecule has 0 unspecified atom stereocenters. The van der Waals surface area contributed by atoms with Crippen molar-refractivity contribution in [2.75, 3.05) is 0 Å². The fraction of sp³-hybridized carbons (Fsp3) is 0.143. The van der Waals surface area contributed by atoms with E-state index in [2.05, 4.69) is 4.98 Å². The van der Waals surface area contributed by atoms with E-state index in [9.17, 15) is 18.0 Å². The highest BCUT2D eigenvalue weighted by atomic mass is 35.5. The van der Waals surface area contributed by atoms with Crippen molar-refractivity contribution in [2.45, 2.75) is 12.6 Å². The van der Waals surface area contributed by atoms with Crippen molar-refractivity contribution < 1.29 is 23.1 Å². The molecule has 0 saturated carbocycles. The fourth-order valence-corrected chi connectivity index (χ4v) is 2.29. The van der Waals surface area contributed by atoms with Gasteiger partial charge in [-0.1, -0.05) is 23.2 Å². The standard InChI is InChI=1S/C14H8Cl2F3NO2/c15-8-1-2-11(16)9(5-8)12-3-7(4-13(21)22)10(6-20-12)14(17,18)19/h1-3,5-6H,4H2,(H,21,22). The van der Waals surface area contributed by atoms with Crippen LogP contribution in [0.25, 0.3) is 11.3 Å². The van der Waals surface area contributed by atoms with Crippen molar-refractivity contribution in [3.63, 3.8) is 0 Å². The number of carboxylic acid groups (broad SMARTS) is 1. The Morgan fingerprint density at radius 3 is 2.50 bits per heavy atom. The van der Waals surface area contributed by atoms with Crippen LogP contribution in [0.5, 0.6) is 0 Å². The van der Waals surface area contributed by atoms with E-state index >= 15 is 0 Å². The Bertz CT molecular complexity index is 733. The predicted molar refractivity (Wildman–Crippen MR) is 76.0 cm³/mol. The number of hydrogen-bond donors (Lipinski definition) is 1. The molecule has 0 aliphatic carbocycles. The maximum absolute atomic E-state index is 12.9. The SMILES string of the molecule is O=C(O)Cc1cc(-c2cc(Cl)ccc2Cl)ncc1C(F)(F)F. The molecule has 0 fully saturated rings. The van der Waals surface area contributed by atoms with E-state index in [1.807, 2.05) is 0 Å². The zero-order valence-corrected chi connectivity index (χ0v) is 12.3. The van der Waals surface area contributed by atoms with Gasteiger partial charge < -0.3 is 5.11 Å². The van der Waals surface area contributed by atoms with Gasteiger partial charge in [0, 0.05) is 16.8 Å². The van der Waals surface area contributed by atoms with Crippen LogP contribution in [-0.2, 0) is 17.4 Å². The van der Waals surface area contributed by atoms with Crippen LogP contribution in [0.4, 0.5) is 13.2 Å². The zero-order chi connectivity index (χ0) is 16.5. The highest BCUT2D eigenvalue weighted by Gasteiger charge is 2.34. The minimum atomic E-state index is -4.69. The molecule has 0 aliphatic rings. The third-order valence-corrected chi connectivity index (χ3v) is 3.41. The molecule has 0 spiro atoms. The Hall–Kier alpha value is -1.79. The highest BCUT2D eigenvalue weighted by molar-refractivity contribution is 6.35. The molecule has 116 valence electrons. The highest BCUT2D eigenvalue weighted by Crippen LogP contribution is 2.35. The van der Waals surface area contributed by atoms with Crippen LogP contribution in [0, 0.1) is 0 Å². The van der Waals surface area contributed by atoms with Crippen LogP contribution in [0.1, 0.15) is 11.1 Å². The second-order valence-corrected chi connectivity index (χ2v) is 5.26. The summed E-state index contributed by atoms with van der Waals surface area (Å²) in [6.45, 7) is 0. The van der Waals surface area contributed by atoms with E-state index in [0.717, 1.165) is 6.07 Å². The van der Waals surface area contributed by atoms with Crippen LogP contribution < -0.4 is 0 Å². The van der Waals surface area contributed by atoms with Crippen LogP contribution in [0.2, 0.25) is 10.0 Å². The molecule has 1 N–H and O–H groups in total. The quantitative estimate of drug-likeness (QED) is 0.873. The first-order valence-corrected chi connectivity index (χ1v) is 6.67. The van der Waals surface area contributed by atoms with Gasteiger partial charge in [0.2, 0.25) is 0 Å².